The molecular weight excluding hydrogens is 184 g/mol. The first-order chi connectivity index (χ1) is 6.91. The van der Waals surface area contributed by atoms with Gasteiger partial charge in [-0.25, -0.2) is 0 Å². The average Bonchev–Trinajstić information content (AvgIpc) is 2.12. The minimum Gasteiger partial charge on any atom is -0.389 e. The fourth-order valence-electron chi connectivity index (χ4n) is 3.22. The largest absolute Gasteiger partial charge is 0.389 e. The Morgan fingerprint density at radius 1 is 1.27 bits per heavy atom. The van der Waals surface area contributed by atoms with Crippen LogP contribution in [-0.2, 0) is 0 Å². The molecule has 1 aliphatic rings. The molecule has 1 heteroatoms. The zero-order valence-corrected chi connectivity index (χ0v) is 10.8. The van der Waals surface area contributed by atoms with Crippen LogP contribution in [0.25, 0.3) is 0 Å². The predicted molar refractivity (Wildman–Crippen MR) is 65.7 cm³/mol. The third-order valence-electron chi connectivity index (χ3n) is 4.55. The summed E-state index contributed by atoms with van der Waals surface area (Å²) >= 11 is 0. The van der Waals surface area contributed by atoms with Crippen molar-refractivity contribution >= 4 is 0 Å². The number of hydrogen-bond donors (Lipinski definition) is 1. The van der Waals surface area contributed by atoms with Gasteiger partial charge in [-0.15, -0.1) is 0 Å². The van der Waals surface area contributed by atoms with Crippen molar-refractivity contribution in [2.45, 2.75) is 53.6 Å². The first-order valence-electron chi connectivity index (χ1n) is 6.22. The minimum absolute atomic E-state index is 0.247. The van der Waals surface area contributed by atoms with E-state index in [1.165, 1.54) is 12.8 Å². The fraction of sp³-hybridized carbons (Fsp3) is 0.857. The number of aliphatic hydroxyl groups excluding tert-OH is 1. The van der Waals surface area contributed by atoms with E-state index in [-0.39, 0.29) is 11.5 Å². The van der Waals surface area contributed by atoms with E-state index in [0.717, 1.165) is 0 Å². The Hall–Kier alpha value is -0.300. The van der Waals surface area contributed by atoms with E-state index >= 15 is 0 Å². The average molecular weight is 210 g/mol. The Morgan fingerprint density at radius 2 is 1.87 bits per heavy atom. The molecule has 88 valence electrons. The van der Waals surface area contributed by atoms with Crippen molar-refractivity contribution in [2.75, 3.05) is 0 Å². The summed E-state index contributed by atoms with van der Waals surface area (Å²) in [7, 11) is 0. The molecule has 0 saturated heterocycles. The molecule has 0 heterocycles. The molecule has 1 N–H and O–H groups in total. The van der Waals surface area contributed by atoms with Gasteiger partial charge < -0.3 is 5.11 Å². The topological polar surface area (TPSA) is 20.2 Å². The van der Waals surface area contributed by atoms with Crippen LogP contribution < -0.4 is 0 Å². The Kier molecular flexibility index (Phi) is 3.99. The molecule has 1 nitrogen and oxygen atoms in total. The molecule has 0 spiro atoms. The molecule has 0 aromatic carbocycles. The van der Waals surface area contributed by atoms with Crippen molar-refractivity contribution in [3.8, 4) is 0 Å². The van der Waals surface area contributed by atoms with E-state index in [1.54, 1.807) is 0 Å². The Labute approximate surface area is 94.6 Å². The van der Waals surface area contributed by atoms with Crippen LogP contribution in [0.2, 0.25) is 0 Å². The summed E-state index contributed by atoms with van der Waals surface area (Å²) in [5, 5.41) is 10.2. The minimum atomic E-state index is -0.275. The molecule has 0 radical (unpaired) electrons. The smallest absolute Gasteiger partial charge is 0.0756 e. The second kappa shape index (κ2) is 4.69. The van der Waals surface area contributed by atoms with Gasteiger partial charge in [0.2, 0.25) is 0 Å². The first kappa shape index (κ1) is 12.8. The van der Waals surface area contributed by atoms with Crippen molar-refractivity contribution in [1.29, 1.82) is 0 Å². The van der Waals surface area contributed by atoms with Gasteiger partial charge in [-0.3, -0.25) is 0 Å². The Morgan fingerprint density at radius 3 is 2.40 bits per heavy atom. The van der Waals surface area contributed by atoms with Crippen molar-refractivity contribution < 1.29 is 5.11 Å². The SMILES string of the molecule is CC=CC(O)C1C(C)CCC(C)C1(C)C. The molecule has 1 fully saturated rings. The molecule has 0 aromatic heterocycles. The first-order valence-corrected chi connectivity index (χ1v) is 6.22. The van der Waals surface area contributed by atoms with Gasteiger partial charge in [0.05, 0.1) is 6.10 Å². The third-order valence-corrected chi connectivity index (χ3v) is 4.55. The van der Waals surface area contributed by atoms with Crippen LogP contribution in [0.5, 0.6) is 0 Å². The third kappa shape index (κ3) is 2.44. The van der Waals surface area contributed by atoms with Crippen LogP contribution in [0.1, 0.15) is 47.5 Å². The maximum absolute atomic E-state index is 10.2. The lowest BCUT2D eigenvalue weighted by Crippen LogP contribution is -2.45. The summed E-state index contributed by atoms with van der Waals surface area (Å²) in [4.78, 5) is 0. The highest BCUT2D eigenvalue weighted by atomic mass is 16.3. The van der Waals surface area contributed by atoms with E-state index in [4.69, 9.17) is 0 Å². The normalized spacial score (nSPS) is 38.1. The van der Waals surface area contributed by atoms with E-state index in [2.05, 4.69) is 27.7 Å². The summed E-state index contributed by atoms with van der Waals surface area (Å²) in [6.07, 6.45) is 6.19. The van der Waals surface area contributed by atoms with Crippen LogP contribution in [0.15, 0.2) is 12.2 Å². The lowest BCUT2D eigenvalue weighted by atomic mass is 9.57. The lowest BCUT2D eigenvalue weighted by Gasteiger charge is -2.49. The number of hydrogen-bond acceptors (Lipinski definition) is 1. The van der Waals surface area contributed by atoms with Crippen LogP contribution in [0.4, 0.5) is 0 Å². The molecular formula is C14H26O. The van der Waals surface area contributed by atoms with Crippen molar-refractivity contribution in [2.24, 2.45) is 23.2 Å². The van der Waals surface area contributed by atoms with Crippen molar-refractivity contribution in [3.63, 3.8) is 0 Å². The highest BCUT2D eigenvalue weighted by molar-refractivity contribution is 5.00. The van der Waals surface area contributed by atoms with Crippen LogP contribution in [-0.4, -0.2) is 11.2 Å². The predicted octanol–water partition coefficient (Wildman–Crippen LogP) is 3.63. The molecule has 0 amide bonds. The molecule has 0 bridgehead atoms. The second-order valence-corrected chi connectivity index (χ2v) is 5.82. The summed E-state index contributed by atoms with van der Waals surface area (Å²) in [5.74, 6) is 1.73. The number of rotatable bonds is 2. The molecule has 0 aliphatic heterocycles. The van der Waals surface area contributed by atoms with E-state index in [0.29, 0.717) is 17.8 Å². The maximum Gasteiger partial charge on any atom is 0.0756 e. The number of allylic oxidation sites excluding steroid dienone is 1. The molecule has 15 heavy (non-hydrogen) atoms. The van der Waals surface area contributed by atoms with Crippen LogP contribution in [0, 0.1) is 23.2 Å². The van der Waals surface area contributed by atoms with E-state index in [1.807, 2.05) is 19.1 Å². The standard InChI is InChI=1S/C14H26O/c1-6-7-12(15)13-10(2)8-9-11(3)14(13,4)5/h6-7,10-13,15H,8-9H2,1-5H3. The summed E-state index contributed by atoms with van der Waals surface area (Å²) < 4.78 is 0. The van der Waals surface area contributed by atoms with Crippen molar-refractivity contribution in [1.82, 2.24) is 0 Å². The van der Waals surface area contributed by atoms with Gasteiger partial charge in [-0.05, 0) is 36.5 Å². The molecule has 1 aliphatic carbocycles. The highest BCUT2D eigenvalue weighted by Crippen LogP contribution is 2.49. The summed E-state index contributed by atoms with van der Waals surface area (Å²) in [6.45, 7) is 11.2. The van der Waals surface area contributed by atoms with E-state index < -0.39 is 0 Å². The van der Waals surface area contributed by atoms with Gasteiger partial charge >= 0.3 is 0 Å². The zero-order chi connectivity index (χ0) is 11.6. The van der Waals surface area contributed by atoms with Crippen LogP contribution in [0.3, 0.4) is 0 Å². The van der Waals surface area contributed by atoms with Gasteiger partial charge in [0.1, 0.15) is 0 Å². The monoisotopic (exact) mass is 210 g/mol. The van der Waals surface area contributed by atoms with Gasteiger partial charge in [0.25, 0.3) is 0 Å². The maximum atomic E-state index is 10.2. The highest BCUT2D eigenvalue weighted by Gasteiger charge is 2.44. The molecule has 4 atom stereocenters. The van der Waals surface area contributed by atoms with Gasteiger partial charge in [0, 0.05) is 0 Å². The van der Waals surface area contributed by atoms with E-state index in [9.17, 15) is 5.11 Å². The van der Waals surface area contributed by atoms with Gasteiger partial charge in [0.15, 0.2) is 0 Å². The second-order valence-electron chi connectivity index (χ2n) is 5.82. The van der Waals surface area contributed by atoms with Crippen molar-refractivity contribution in [3.05, 3.63) is 12.2 Å². The number of aliphatic hydroxyl groups is 1. The molecule has 1 rings (SSSR count). The van der Waals surface area contributed by atoms with Gasteiger partial charge in [-0.2, -0.15) is 0 Å². The summed E-state index contributed by atoms with van der Waals surface area (Å²) in [5.41, 5.74) is 0.247. The Balaban J connectivity index is 2.89. The zero-order valence-electron chi connectivity index (χ0n) is 10.8. The Bertz CT molecular complexity index is 229. The fourth-order valence-corrected chi connectivity index (χ4v) is 3.22. The molecule has 1 saturated carbocycles. The summed E-state index contributed by atoms with van der Waals surface area (Å²) in [6, 6.07) is 0. The van der Waals surface area contributed by atoms with Gasteiger partial charge in [-0.1, -0.05) is 46.3 Å². The quantitative estimate of drug-likeness (QED) is 0.690. The molecule has 0 aromatic rings. The lowest BCUT2D eigenvalue weighted by molar-refractivity contribution is -0.0377. The molecule has 4 unspecified atom stereocenters. The van der Waals surface area contributed by atoms with Crippen LogP contribution >= 0.6 is 0 Å².